The Morgan fingerprint density at radius 1 is 1.10 bits per heavy atom. The minimum absolute atomic E-state index is 0.0600. The van der Waals surface area contributed by atoms with Crippen LogP contribution in [0.4, 0.5) is 5.69 Å². The van der Waals surface area contributed by atoms with Crippen molar-refractivity contribution in [3.8, 4) is 0 Å². The Kier molecular flexibility index (Phi) is 6.65. The van der Waals surface area contributed by atoms with Gasteiger partial charge in [-0.1, -0.05) is 12.1 Å². The van der Waals surface area contributed by atoms with Gasteiger partial charge in [-0.05, 0) is 38.7 Å². The molecule has 1 aromatic rings. The molecule has 0 fully saturated rings. The van der Waals surface area contributed by atoms with E-state index >= 15 is 0 Å². The van der Waals surface area contributed by atoms with Crippen LogP contribution in [0, 0.1) is 0 Å². The summed E-state index contributed by atoms with van der Waals surface area (Å²) in [6, 6.07) is 8.36. The van der Waals surface area contributed by atoms with E-state index in [0.29, 0.717) is 0 Å². The normalized spacial score (nSPS) is 12.7. The molecule has 0 radical (unpaired) electrons. The van der Waals surface area contributed by atoms with E-state index < -0.39 is 5.97 Å². The van der Waals surface area contributed by atoms with Crippen LogP contribution in [-0.4, -0.2) is 68.7 Å². The Balaban J connectivity index is 2.82. The Labute approximate surface area is 127 Å². The third kappa shape index (κ3) is 5.73. The van der Waals surface area contributed by atoms with Crippen LogP contribution in [0.1, 0.15) is 18.5 Å². The molecule has 5 heteroatoms. The number of aliphatic carboxylic acids is 1. The van der Waals surface area contributed by atoms with Gasteiger partial charge in [0.05, 0.1) is 6.54 Å². The zero-order valence-corrected chi connectivity index (χ0v) is 13.7. The Hall–Kier alpha value is -1.59. The van der Waals surface area contributed by atoms with Crippen LogP contribution in [0.3, 0.4) is 0 Å². The maximum Gasteiger partial charge on any atom is 0.317 e. The van der Waals surface area contributed by atoms with E-state index in [1.807, 2.05) is 33.1 Å². The molecule has 1 atom stereocenters. The van der Waals surface area contributed by atoms with Crippen LogP contribution in [-0.2, 0) is 4.79 Å². The van der Waals surface area contributed by atoms with Gasteiger partial charge in [0.25, 0.3) is 0 Å². The maximum atomic E-state index is 11.1. The van der Waals surface area contributed by atoms with E-state index in [0.717, 1.165) is 24.3 Å². The van der Waals surface area contributed by atoms with Crippen molar-refractivity contribution in [2.75, 3.05) is 52.7 Å². The molecular formula is C16H27N3O2. The zero-order chi connectivity index (χ0) is 16.0. The lowest BCUT2D eigenvalue weighted by Crippen LogP contribution is -2.37. The topological polar surface area (TPSA) is 47.0 Å². The molecule has 1 aromatic carbocycles. The fourth-order valence-corrected chi connectivity index (χ4v) is 2.17. The van der Waals surface area contributed by atoms with Crippen molar-refractivity contribution in [1.82, 2.24) is 9.80 Å². The highest BCUT2D eigenvalue weighted by atomic mass is 16.4. The second-order valence-corrected chi connectivity index (χ2v) is 5.83. The van der Waals surface area contributed by atoms with Gasteiger partial charge in [-0.25, -0.2) is 0 Å². The van der Waals surface area contributed by atoms with E-state index in [4.69, 9.17) is 5.11 Å². The lowest BCUT2D eigenvalue weighted by Gasteiger charge is -2.29. The van der Waals surface area contributed by atoms with Crippen molar-refractivity contribution in [3.63, 3.8) is 0 Å². The van der Waals surface area contributed by atoms with Gasteiger partial charge >= 0.3 is 5.97 Å². The van der Waals surface area contributed by atoms with Gasteiger partial charge in [-0.15, -0.1) is 0 Å². The van der Waals surface area contributed by atoms with E-state index in [1.54, 1.807) is 0 Å². The van der Waals surface area contributed by atoms with E-state index in [9.17, 15) is 4.79 Å². The number of carbonyl (C=O) groups is 1. The van der Waals surface area contributed by atoms with Crippen molar-refractivity contribution >= 4 is 11.7 Å². The van der Waals surface area contributed by atoms with Gasteiger partial charge in [0.2, 0.25) is 0 Å². The summed E-state index contributed by atoms with van der Waals surface area (Å²) in [5.41, 5.74) is 2.28. The van der Waals surface area contributed by atoms with E-state index in [-0.39, 0.29) is 12.6 Å². The van der Waals surface area contributed by atoms with E-state index in [2.05, 4.69) is 41.0 Å². The molecule has 0 aliphatic heterocycles. The van der Waals surface area contributed by atoms with Crippen LogP contribution in [0.15, 0.2) is 24.3 Å². The molecule has 1 unspecified atom stereocenters. The number of likely N-dealkylation sites (N-methyl/N-ethyl adjacent to an activating group) is 1. The largest absolute Gasteiger partial charge is 0.480 e. The Bertz CT molecular complexity index is 443. The number of carboxylic acid groups (broad SMARTS) is 1. The summed E-state index contributed by atoms with van der Waals surface area (Å²) in [5, 5.41) is 9.10. The number of rotatable bonds is 8. The van der Waals surface area contributed by atoms with Crippen molar-refractivity contribution in [3.05, 3.63) is 29.8 Å². The molecule has 0 saturated carbocycles. The molecule has 0 heterocycles. The van der Waals surface area contributed by atoms with Crippen molar-refractivity contribution in [2.24, 2.45) is 0 Å². The lowest BCUT2D eigenvalue weighted by molar-refractivity contribution is -0.138. The molecule has 0 aliphatic carbocycles. The molecule has 0 aliphatic rings. The van der Waals surface area contributed by atoms with Gasteiger partial charge < -0.3 is 14.9 Å². The lowest BCUT2D eigenvalue weighted by atomic mass is 10.1. The first-order chi connectivity index (χ1) is 9.81. The van der Waals surface area contributed by atoms with Crippen LogP contribution < -0.4 is 4.90 Å². The molecule has 118 valence electrons. The molecule has 0 saturated heterocycles. The van der Waals surface area contributed by atoms with Gasteiger partial charge in [0.1, 0.15) is 0 Å². The van der Waals surface area contributed by atoms with Gasteiger partial charge in [-0.3, -0.25) is 9.69 Å². The average Bonchev–Trinajstić information content (AvgIpc) is 2.42. The second kappa shape index (κ2) is 8.00. The predicted molar refractivity (Wildman–Crippen MR) is 86.9 cm³/mol. The second-order valence-electron chi connectivity index (χ2n) is 5.83. The highest BCUT2D eigenvalue weighted by Crippen LogP contribution is 2.22. The number of hydrogen-bond acceptors (Lipinski definition) is 4. The summed E-state index contributed by atoms with van der Waals surface area (Å²) < 4.78 is 0. The van der Waals surface area contributed by atoms with Crippen LogP contribution >= 0.6 is 0 Å². The van der Waals surface area contributed by atoms with Crippen molar-refractivity contribution < 1.29 is 9.90 Å². The van der Waals surface area contributed by atoms with Crippen molar-refractivity contribution in [1.29, 1.82) is 0 Å². The smallest absolute Gasteiger partial charge is 0.317 e. The Morgan fingerprint density at radius 2 is 1.67 bits per heavy atom. The first kappa shape index (κ1) is 17.5. The summed E-state index contributed by atoms with van der Waals surface area (Å²) in [6.45, 7) is 3.69. The maximum absolute atomic E-state index is 11.1. The Morgan fingerprint density at radius 3 is 2.10 bits per heavy atom. The number of nitrogens with zero attached hydrogens (tertiary/aromatic N) is 3. The summed E-state index contributed by atoms with van der Waals surface area (Å²) in [6.07, 6.45) is 0. The highest BCUT2D eigenvalue weighted by molar-refractivity contribution is 5.69. The van der Waals surface area contributed by atoms with Crippen LogP contribution in [0.2, 0.25) is 0 Å². The van der Waals surface area contributed by atoms with Crippen LogP contribution in [0.25, 0.3) is 0 Å². The number of carboxylic acids is 1. The van der Waals surface area contributed by atoms with E-state index in [1.165, 1.54) is 0 Å². The summed E-state index contributed by atoms with van der Waals surface area (Å²) in [5.74, 6) is -0.787. The minimum atomic E-state index is -0.787. The zero-order valence-electron chi connectivity index (χ0n) is 13.7. The summed E-state index contributed by atoms with van der Waals surface area (Å²) >= 11 is 0. The number of benzene rings is 1. The quantitative estimate of drug-likeness (QED) is 0.791. The molecule has 1 rings (SSSR count). The fraction of sp³-hybridized carbons (Fsp3) is 0.562. The molecule has 0 bridgehead atoms. The third-order valence-corrected chi connectivity index (χ3v) is 3.61. The molecule has 1 N–H and O–H groups in total. The SMILES string of the molecule is CC(c1ccc(N(C)C)cc1)N(CCN(C)C)CC(=O)O. The molecule has 0 aromatic heterocycles. The predicted octanol–water partition coefficient (Wildman–Crippen LogP) is 1.76. The monoisotopic (exact) mass is 293 g/mol. The van der Waals surface area contributed by atoms with Crippen LogP contribution in [0.5, 0.6) is 0 Å². The first-order valence-corrected chi connectivity index (χ1v) is 7.19. The summed E-state index contributed by atoms with van der Waals surface area (Å²) in [4.78, 5) is 17.2. The molecular weight excluding hydrogens is 266 g/mol. The highest BCUT2D eigenvalue weighted by Gasteiger charge is 2.18. The third-order valence-electron chi connectivity index (χ3n) is 3.61. The molecule has 0 spiro atoms. The molecule has 5 nitrogen and oxygen atoms in total. The van der Waals surface area contributed by atoms with Gasteiger partial charge in [0, 0.05) is 38.9 Å². The standard InChI is InChI=1S/C16H27N3O2/c1-13(14-6-8-15(9-7-14)18(4)5)19(12-16(20)21)11-10-17(2)3/h6-9,13H,10-12H2,1-5H3,(H,20,21). The van der Waals surface area contributed by atoms with Gasteiger partial charge in [0.15, 0.2) is 0 Å². The minimum Gasteiger partial charge on any atom is -0.480 e. The van der Waals surface area contributed by atoms with Gasteiger partial charge in [-0.2, -0.15) is 0 Å². The summed E-state index contributed by atoms with van der Waals surface area (Å²) in [7, 11) is 8.00. The molecule has 0 amide bonds. The van der Waals surface area contributed by atoms with Crippen molar-refractivity contribution in [2.45, 2.75) is 13.0 Å². The number of anilines is 1. The number of hydrogen-bond donors (Lipinski definition) is 1. The fourth-order valence-electron chi connectivity index (χ4n) is 2.17. The molecule has 21 heavy (non-hydrogen) atoms. The average molecular weight is 293 g/mol. The first-order valence-electron chi connectivity index (χ1n) is 7.19.